The second-order valence-corrected chi connectivity index (χ2v) is 9.45. The van der Waals surface area contributed by atoms with Crippen LogP contribution in [0.3, 0.4) is 0 Å². The van der Waals surface area contributed by atoms with E-state index in [4.69, 9.17) is 11.6 Å². The molecule has 0 fully saturated rings. The van der Waals surface area contributed by atoms with E-state index >= 15 is 0 Å². The van der Waals surface area contributed by atoms with E-state index in [-0.39, 0.29) is 12.4 Å². The fourth-order valence-corrected chi connectivity index (χ4v) is 5.97. The molecule has 0 aliphatic carbocycles. The highest BCUT2D eigenvalue weighted by atomic mass is 79.9. The lowest BCUT2D eigenvalue weighted by molar-refractivity contribution is 0.426. The van der Waals surface area contributed by atoms with E-state index < -0.39 is 10.0 Å². The van der Waals surface area contributed by atoms with Crippen LogP contribution in [0.5, 0.6) is 0 Å². The SMILES string of the molecule is Cc1cc(S(=O)(=O)N(CCCl)Cc2ccccc2)sc1Br. The first-order chi connectivity index (χ1) is 9.95. The summed E-state index contributed by atoms with van der Waals surface area (Å²) in [5.74, 6) is 0.261. The Hall–Kier alpha value is -0.400. The van der Waals surface area contributed by atoms with Crippen LogP contribution in [-0.2, 0) is 16.6 Å². The van der Waals surface area contributed by atoms with Crippen LogP contribution in [0.2, 0.25) is 0 Å². The summed E-state index contributed by atoms with van der Waals surface area (Å²) in [6, 6.07) is 11.2. The van der Waals surface area contributed by atoms with Crippen molar-refractivity contribution in [2.75, 3.05) is 12.4 Å². The predicted molar refractivity (Wildman–Crippen MR) is 91.5 cm³/mol. The van der Waals surface area contributed by atoms with Gasteiger partial charge in [-0.25, -0.2) is 8.42 Å². The van der Waals surface area contributed by atoms with Gasteiger partial charge in [-0.1, -0.05) is 30.3 Å². The van der Waals surface area contributed by atoms with E-state index in [9.17, 15) is 8.42 Å². The number of thiophene rings is 1. The minimum atomic E-state index is -3.53. The number of halogens is 2. The Morgan fingerprint density at radius 1 is 1.29 bits per heavy atom. The van der Waals surface area contributed by atoms with Crippen LogP contribution in [0.15, 0.2) is 44.4 Å². The van der Waals surface area contributed by atoms with Crippen molar-refractivity contribution in [2.45, 2.75) is 17.7 Å². The summed E-state index contributed by atoms with van der Waals surface area (Å²) in [6.45, 7) is 2.49. The predicted octanol–water partition coefficient (Wildman–Crippen LogP) is 4.25. The molecule has 0 N–H and O–H groups in total. The number of alkyl halides is 1. The van der Waals surface area contributed by atoms with Crippen LogP contribution < -0.4 is 0 Å². The molecule has 0 spiro atoms. The van der Waals surface area contributed by atoms with E-state index in [0.717, 1.165) is 14.9 Å². The van der Waals surface area contributed by atoms with Gasteiger partial charge in [0.15, 0.2) is 0 Å². The Kier molecular flexibility index (Phi) is 5.85. The number of hydrogen-bond acceptors (Lipinski definition) is 3. The van der Waals surface area contributed by atoms with E-state index in [1.165, 1.54) is 15.6 Å². The Bertz CT molecular complexity index is 682. The molecular formula is C14H15BrClNO2S2. The molecule has 0 saturated heterocycles. The zero-order valence-corrected chi connectivity index (χ0v) is 15.4. The van der Waals surface area contributed by atoms with Crippen molar-refractivity contribution >= 4 is 48.9 Å². The molecule has 2 rings (SSSR count). The van der Waals surface area contributed by atoms with Crippen LogP contribution >= 0.6 is 38.9 Å². The topological polar surface area (TPSA) is 37.4 Å². The second-order valence-electron chi connectivity index (χ2n) is 4.54. The van der Waals surface area contributed by atoms with Crippen LogP contribution in [0.25, 0.3) is 0 Å². The fraction of sp³-hybridized carbons (Fsp3) is 0.286. The first-order valence-corrected chi connectivity index (χ1v) is 9.89. The van der Waals surface area contributed by atoms with E-state index in [1.807, 2.05) is 37.3 Å². The molecular weight excluding hydrogens is 394 g/mol. The normalized spacial score (nSPS) is 12.0. The molecule has 1 heterocycles. The number of nitrogens with zero attached hydrogens (tertiary/aromatic N) is 1. The zero-order chi connectivity index (χ0) is 15.5. The molecule has 0 unspecified atom stereocenters. The van der Waals surface area contributed by atoms with Gasteiger partial charge in [-0.2, -0.15) is 4.31 Å². The Labute approximate surface area is 142 Å². The third kappa shape index (κ3) is 4.07. The molecule has 0 bridgehead atoms. The van der Waals surface area contributed by atoms with Crippen molar-refractivity contribution < 1.29 is 8.42 Å². The minimum Gasteiger partial charge on any atom is -0.206 e. The van der Waals surface area contributed by atoms with Gasteiger partial charge in [-0.3, -0.25) is 0 Å². The van der Waals surface area contributed by atoms with Gasteiger partial charge in [0.2, 0.25) is 0 Å². The molecule has 0 atom stereocenters. The van der Waals surface area contributed by atoms with Gasteiger partial charge in [0.25, 0.3) is 10.0 Å². The summed E-state index contributed by atoms with van der Waals surface area (Å²) in [6.07, 6.45) is 0. The second kappa shape index (κ2) is 7.24. The molecule has 0 saturated carbocycles. The fourth-order valence-electron chi connectivity index (χ4n) is 1.85. The first kappa shape index (κ1) is 17.0. The van der Waals surface area contributed by atoms with E-state index in [0.29, 0.717) is 10.8 Å². The molecule has 0 radical (unpaired) electrons. The average molecular weight is 409 g/mol. The smallest absolute Gasteiger partial charge is 0.206 e. The lowest BCUT2D eigenvalue weighted by Gasteiger charge is -2.20. The summed E-state index contributed by atoms with van der Waals surface area (Å²) in [7, 11) is -3.53. The van der Waals surface area contributed by atoms with E-state index in [1.54, 1.807) is 6.07 Å². The molecule has 0 aliphatic rings. The van der Waals surface area contributed by atoms with Crippen LogP contribution in [0, 0.1) is 6.92 Å². The molecule has 0 aliphatic heterocycles. The van der Waals surface area contributed by atoms with Crippen molar-refractivity contribution in [3.05, 3.63) is 51.3 Å². The Morgan fingerprint density at radius 3 is 2.48 bits per heavy atom. The standard InChI is InChI=1S/C14H15BrClNO2S2/c1-11-9-13(20-14(11)15)21(18,19)17(8-7-16)10-12-5-3-2-4-6-12/h2-6,9H,7-8,10H2,1H3. The van der Waals surface area contributed by atoms with Crippen molar-refractivity contribution in [1.29, 1.82) is 0 Å². The minimum absolute atomic E-state index is 0.261. The zero-order valence-electron chi connectivity index (χ0n) is 11.4. The highest BCUT2D eigenvalue weighted by molar-refractivity contribution is 9.11. The summed E-state index contributed by atoms with van der Waals surface area (Å²) < 4.78 is 28.1. The molecule has 21 heavy (non-hydrogen) atoms. The summed E-state index contributed by atoms with van der Waals surface area (Å²) >= 11 is 10.4. The molecule has 0 amide bonds. The van der Waals surface area contributed by atoms with Crippen LogP contribution in [0.4, 0.5) is 0 Å². The van der Waals surface area contributed by atoms with Gasteiger partial charge >= 0.3 is 0 Å². The number of sulfonamides is 1. The van der Waals surface area contributed by atoms with Crippen LogP contribution in [0.1, 0.15) is 11.1 Å². The molecule has 114 valence electrons. The Morgan fingerprint density at radius 2 is 1.95 bits per heavy atom. The van der Waals surface area contributed by atoms with Crippen molar-refractivity contribution in [3.63, 3.8) is 0 Å². The largest absolute Gasteiger partial charge is 0.252 e. The maximum absolute atomic E-state index is 12.7. The number of aryl methyl sites for hydroxylation is 1. The summed E-state index contributed by atoms with van der Waals surface area (Å²) in [5, 5.41) is 0. The van der Waals surface area contributed by atoms with Gasteiger partial charge in [-0.15, -0.1) is 22.9 Å². The van der Waals surface area contributed by atoms with E-state index in [2.05, 4.69) is 15.9 Å². The van der Waals surface area contributed by atoms with Gasteiger partial charge < -0.3 is 0 Å². The summed E-state index contributed by atoms with van der Waals surface area (Å²) in [4.78, 5) is 0. The van der Waals surface area contributed by atoms with Gasteiger partial charge in [0, 0.05) is 19.0 Å². The van der Waals surface area contributed by atoms with Gasteiger partial charge in [0.1, 0.15) is 4.21 Å². The lowest BCUT2D eigenvalue weighted by Crippen LogP contribution is -2.31. The maximum Gasteiger partial charge on any atom is 0.252 e. The first-order valence-electron chi connectivity index (χ1n) is 6.31. The van der Waals surface area contributed by atoms with Gasteiger partial charge in [-0.05, 0) is 40.0 Å². The molecule has 2 aromatic rings. The molecule has 1 aromatic carbocycles. The molecule has 3 nitrogen and oxygen atoms in total. The highest BCUT2D eigenvalue weighted by Gasteiger charge is 2.26. The quantitative estimate of drug-likeness (QED) is 0.670. The maximum atomic E-state index is 12.7. The van der Waals surface area contributed by atoms with Crippen molar-refractivity contribution in [3.8, 4) is 0 Å². The number of benzene rings is 1. The van der Waals surface area contributed by atoms with Crippen LogP contribution in [-0.4, -0.2) is 25.1 Å². The lowest BCUT2D eigenvalue weighted by atomic mass is 10.2. The average Bonchev–Trinajstić information content (AvgIpc) is 2.80. The van der Waals surface area contributed by atoms with Crippen molar-refractivity contribution in [2.24, 2.45) is 0 Å². The Balaban J connectivity index is 2.32. The molecule has 1 aromatic heterocycles. The number of hydrogen-bond donors (Lipinski definition) is 0. The van der Waals surface area contributed by atoms with Gasteiger partial charge in [0.05, 0.1) is 3.79 Å². The molecule has 7 heteroatoms. The van der Waals surface area contributed by atoms with Crippen molar-refractivity contribution in [1.82, 2.24) is 4.31 Å². The number of rotatable bonds is 6. The monoisotopic (exact) mass is 407 g/mol. The summed E-state index contributed by atoms with van der Waals surface area (Å²) in [5.41, 5.74) is 1.86. The third-order valence-electron chi connectivity index (χ3n) is 2.96. The third-order valence-corrected chi connectivity index (χ3v) is 7.56. The highest BCUT2D eigenvalue weighted by Crippen LogP contribution is 2.32.